The second-order valence-corrected chi connectivity index (χ2v) is 5.98. The van der Waals surface area contributed by atoms with E-state index in [-0.39, 0.29) is 0 Å². The van der Waals surface area contributed by atoms with Crippen LogP contribution in [-0.2, 0) is 24.0 Å². The number of aromatic amines is 1. The normalized spacial score (nSPS) is 28.1. The summed E-state index contributed by atoms with van der Waals surface area (Å²) in [6, 6.07) is 0. The van der Waals surface area contributed by atoms with E-state index in [2.05, 4.69) is 11.9 Å². The van der Waals surface area contributed by atoms with Crippen molar-refractivity contribution in [3.05, 3.63) is 17.2 Å². The topological polar surface area (TPSA) is 37.9 Å². The van der Waals surface area contributed by atoms with Crippen molar-refractivity contribution < 1.29 is 4.74 Å². The van der Waals surface area contributed by atoms with Crippen molar-refractivity contribution in [2.75, 3.05) is 6.61 Å². The highest BCUT2D eigenvalue weighted by Gasteiger charge is 2.20. The zero-order valence-electron chi connectivity index (χ0n) is 11.4. The van der Waals surface area contributed by atoms with Gasteiger partial charge in [0.2, 0.25) is 0 Å². The van der Waals surface area contributed by atoms with Crippen LogP contribution in [0.4, 0.5) is 0 Å². The molecule has 0 spiro atoms. The fourth-order valence-electron chi connectivity index (χ4n) is 3.17. The molecule has 2 unspecified atom stereocenters. The summed E-state index contributed by atoms with van der Waals surface area (Å²) in [7, 11) is 0. The zero-order chi connectivity index (χ0) is 12.4. The summed E-state index contributed by atoms with van der Waals surface area (Å²) >= 11 is 0. The molecule has 1 saturated heterocycles. The molecular formula is C15H24N2O. The van der Waals surface area contributed by atoms with E-state index in [9.17, 15) is 0 Å². The number of hydrogen-bond donors (Lipinski definition) is 1. The third-order valence-electron chi connectivity index (χ3n) is 4.32. The Hall–Kier alpha value is -0.830. The molecule has 1 N–H and O–H groups in total. The number of nitrogens with one attached hydrogen (secondary N) is 1. The van der Waals surface area contributed by atoms with Gasteiger partial charge in [0, 0.05) is 18.7 Å². The average molecular weight is 248 g/mol. The van der Waals surface area contributed by atoms with E-state index in [0.29, 0.717) is 6.10 Å². The lowest BCUT2D eigenvalue weighted by Crippen LogP contribution is -2.19. The number of rotatable bonds is 3. The summed E-state index contributed by atoms with van der Waals surface area (Å²) in [5, 5.41) is 0. The van der Waals surface area contributed by atoms with E-state index in [0.717, 1.165) is 31.8 Å². The minimum absolute atomic E-state index is 0.472. The smallest absolute Gasteiger partial charge is 0.106 e. The molecule has 0 saturated carbocycles. The standard InChI is InChI=1S/C15H24N2O/c1-11-5-7-13-14(10-11)17-15(16-13)8-6-12-4-2-3-9-18-12/h11-12H,2-10H2,1H3,(H,16,17). The van der Waals surface area contributed by atoms with Gasteiger partial charge in [0.1, 0.15) is 5.82 Å². The molecule has 3 nitrogen and oxygen atoms in total. The van der Waals surface area contributed by atoms with E-state index in [4.69, 9.17) is 9.72 Å². The molecule has 100 valence electrons. The molecule has 1 fully saturated rings. The van der Waals surface area contributed by atoms with Gasteiger partial charge in [-0.3, -0.25) is 0 Å². The number of hydrogen-bond acceptors (Lipinski definition) is 2. The number of nitrogens with zero attached hydrogens (tertiary/aromatic N) is 1. The second-order valence-electron chi connectivity index (χ2n) is 5.98. The van der Waals surface area contributed by atoms with Gasteiger partial charge in [-0.15, -0.1) is 0 Å². The van der Waals surface area contributed by atoms with Crippen molar-refractivity contribution in [3.63, 3.8) is 0 Å². The van der Waals surface area contributed by atoms with Crippen LogP contribution < -0.4 is 0 Å². The fraction of sp³-hybridized carbons (Fsp3) is 0.800. The first-order valence-corrected chi connectivity index (χ1v) is 7.49. The molecule has 0 aromatic carbocycles. The predicted molar refractivity (Wildman–Crippen MR) is 71.7 cm³/mol. The zero-order valence-corrected chi connectivity index (χ0v) is 11.4. The van der Waals surface area contributed by atoms with Crippen LogP contribution in [0.1, 0.15) is 56.2 Å². The third kappa shape index (κ3) is 2.77. The van der Waals surface area contributed by atoms with Crippen LogP contribution >= 0.6 is 0 Å². The van der Waals surface area contributed by atoms with Gasteiger partial charge >= 0.3 is 0 Å². The van der Waals surface area contributed by atoms with Gasteiger partial charge in [-0.2, -0.15) is 0 Å². The lowest BCUT2D eigenvalue weighted by molar-refractivity contribution is 0.0112. The number of aromatic nitrogens is 2. The Morgan fingerprint density at radius 3 is 3.11 bits per heavy atom. The molecule has 0 amide bonds. The van der Waals surface area contributed by atoms with E-state index in [1.807, 2.05) is 0 Å². The Labute approximate surface area is 109 Å². The SMILES string of the molecule is CC1CCc2nc(CCC3CCCCO3)[nH]c2C1. The molecule has 1 aromatic rings. The predicted octanol–water partition coefficient (Wildman–Crippen LogP) is 3.04. The van der Waals surface area contributed by atoms with Crippen LogP contribution in [0, 0.1) is 5.92 Å². The van der Waals surface area contributed by atoms with Gasteiger partial charge in [0.05, 0.1) is 11.8 Å². The molecule has 1 aliphatic carbocycles. The summed E-state index contributed by atoms with van der Waals surface area (Å²) in [6.45, 7) is 3.29. The monoisotopic (exact) mass is 248 g/mol. The molecule has 3 heteroatoms. The van der Waals surface area contributed by atoms with Gasteiger partial charge in [-0.25, -0.2) is 4.98 Å². The van der Waals surface area contributed by atoms with Crippen LogP contribution in [0.2, 0.25) is 0 Å². The lowest BCUT2D eigenvalue weighted by atomic mass is 9.92. The van der Waals surface area contributed by atoms with Gasteiger partial charge in [-0.1, -0.05) is 6.92 Å². The minimum Gasteiger partial charge on any atom is -0.378 e. The average Bonchev–Trinajstić information content (AvgIpc) is 2.79. The van der Waals surface area contributed by atoms with Crippen molar-refractivity contribution in [1.82, 2.24) is 9.97 Å². The number of fused-ring (bicyclic) bond motifs is 1. The van der Waals surface area contributed by atoms with Crippen LogP contribution in [0.15, 0.2) is 0 Å². The second kappa shape index (κ2) is 5.43. The van der Waals surface area contributed by atoms with Gasteiger partial charge in [0.15, 0.2) is 0 Å². The summed E-state index contributed by atoms with van der Waals surface area (Å²) < 4.78 is 5.78. The summed E-state index contributed by atoms with van der Waals surface area (Å²) in [5.74, 6) is 2.00. The quantitative estimate of drug-likeness (QED) is 0.893. The molecule has 1 aromatic heterocycles. The first-order chi connectivity index (χ1) is 8.81. The van der Waals surface area contributed by atoms with Crippen molar-refractivity contribution in [2.45, 2.75) is 64.4 Å². The maximum absolute atomic E-state index is 5.78. The minimum atomic E-state index is 0.472. The Bertz CT molecular complexity index is 393. The van der Waals surface area contributed by atoms with E-state index < -0.39 is 0 Å². The molecule has 2 aliphatic rings. The van der Waals surface area contributed by atoms with Crippen molar-refractivity contribution in [1.29, 1.82) is 0 Å². The van der Waals surface area contributed by atoms with E-state index in [1.165, 1.54) is 49.3 Å². The maximum atomic E-state index is 5.78. The highest BCUT2D eigenvalue weighted by atomic mass is 16.5. The maximum Gasteiger partial charge on any atom is 0.106 e. The summed E-state index contributed by atoms with van der Waals surface area (Å²) in [5.41, 5.74) is 2.72. The molecule has 18 heavy (non-hydrogen) atoms. The highest BCUT2D eigenvalue weighted by molar-refractivity contribution is 5.18. The van der Waals surface area contributed by atoms with Crippen LogP contribution in [0.3, 0.4) is 0 Å². The van der Waals surface area contributed by atoms with Crippen LogP contribution in [0.25, 0.3) is 0 Å². The molecule has 0 bridgehead atoms. The molecular weight excluding hydrogens is 224 g/mol. The summed E-state index contributed by atoms with van der Waals surface area (Å²) in [6.07, 6.45) is 10.1. The van der Waals surface area contributed by atoms with Crippen LogP contribution in [0.5, 0.6) is 0 Å². The Morgan fingerprint density at radius 2 is 2.28 bits per heavy atom. The fourth-order valence-corrected chi connectivity index (χ4v) is 3.17. The number of imidazole rings is 1. The van der Waals surface area contributed by atoms with Crippen molar-refractivity contribution in [3.8, 4) is 0 Å². The van der Waals surface area contributed by atoms with Gasteiger partial charge in [0.25, 0.3) is 0 Å². The first-order valence-electron chi connectivity index (χ1n) is 7.49. The molecule has 0 radical (unpaired) electrons. The van der Waals surface area contributed by atoms with E-state index >= 15 is 0 Å². The van der Waals surface area contributed by atoms with Gasteiger partial charge < -0.3 is 9.72 Å². The Morgan fingerprint density at radius 1 is 1.33 bits per heavy atom. The molecule has 1 aliphatic heterocycles. The molecule has 2 heterocycles. The number of ether oxygens (including phenoxy) is 1. The van der Waals surface area contributed by atoms with Gasteiger partial charge in [-0.05, 0) is 50.9 Å². The largest absolute Gasteiger partial charge is 0.378 e. The third-order valence-corrected chi connectivity index (χ3v) is 4.32. The Balaban J connectivity index is 1.56. The molecule has 2 atom stereocenters. The first kappa shape index (κ1) is 12.2. The van der Waals surface area contributed by atoms with E-state index in [1.54, 1.807) is 0 Å². The van der Waals surface area contributed by atoms with Crippen molar-refractivity contribution in [2.24, 2.45) is 5.92 Å². The number of H-pyrrole nitrogens is 1. The van der Waals surface area contributed by atoms with Crippen LogP contribution in [-0.4, -0.2) is 22.7 Å². The lowest BCUT2D eigenvalue weighted by Gasteiger charge is -2.21. The number of aryl methyl sites for hydroxylation is 2. The van der Waals surface area contributed by atoms with Crippen molar-refractivity contribution >= 4 is 0 Å². The summed E-state index contributed by atoms with van der Waals surface area (Å²) in [4.78, 5) is 8.30. The highest BCUT2D eigenvalue weighted by Crippen LogP contribution is 2.24. The molecule has 3 rings (SSSR count). The Kier molecular flexibility index (Phi) is 3.69.